The molecular formula is C14H23BrN4O2. The summed E-state index contributed by atoms with van der Waals surface area (Å²) in [6.07, 6.45) is 2.54. The summed E-state index contributed by atoms with van der Waals surface area (Å²) < 4.78 is 2.15. The van der Waals surface area contributed by atoms with Crippen molar-refractivity contribution in [2.45, 2.75) is 58.5 Å². The quantitative estimate of drug-likeness (QED) is 0.844. The molecule has 3 N–H and O–H groups in total. The van der Waals surface area contributed by atoms with Crippen molar-refractivity contribution in [1.29, 1.82) is 0 Å². The molecule has 1 rings (SSSR count). The van der Waals surface area contributed by atoms with E-state index in [1.165, 1.54) is 0 Å². The highest BCUT2D eigenvalue weighted by molar-refractivity contribution is 9.10. The Kier molecular flexibility index (Phi) is 5.20. The zero-order valence-corrected chi connectivity index (χ0v) is 14.7. The van der Waals surface area contributed by atoms with Crippen LogP contribution in [0.5, 0.6) is 0 Å². The molecular weight excluding hydrogens is 336 g/mol. The number of nitrogens with one attached hydrogen (secondary N) is 1. The number of primary amides is 1. The molecule has 118 valence electrons. The van der Waals surface area contributed by atoms with Gasteiger partial charge in [0.1, 0.15) is 10.1 Å². The molecule has 6 nitrogen and oxygen atoms in total. The van der Waals surface area contributed by atoms with Crippen LogP contribution in [0.1, 0.15) is 57.8 Å². The molecule has 1 aromatic heterocycles. The molecule has 0 saturated heterocycles. The molecule has 1 heterocycles. The number of amides is 2. The van der Waals surface area contributed by atoms with E-state index in [9.17, 15) is 9.59 Å². The van der Waals surface area contributed by atoms with Gasteiger partial charge in [-0.25, -0.2) is 0 Å². The van der Waals surface area contributed by atoms with Crippen LogP contribution in [0.15, 0.2) is 10.8 Å². The maximum Gasteiger partial charge on any atom is 0.256 e. The number of aromatic nitrogens is 2. The Labute approximate surface area is 133 Å². The van der Waals surface area contributed by atoms with Crippen molar-refractivity contribution in [2.75, 3.05) is 0 Å². The van der Waals surface area contributed by atoms with E-state index in [-0.39, 0.29) is 11.4 Å². The molecule has 0 radical (unpaired) electrons. The minimum Gasteiger partial charge on any atom is -0.368 e. The number of halogens is 1. The first-order chi connectivity index (χ1) is 9.57. The fourth-order valence-corrected chi connectivity index (χ4v) is 2.42. The van der Waals surface area contributed by atoms with Gasteiger partial charge in [0.05, 0.1) is 11.1 Å². The third kappa shape index (κ3) is 3.64. The normalized spacial score (nSPS) is 12.3. The molecule has 0 bridgehead atoms. The first-order valence-corrected chi connectivity index (χ1v) is 7.74. The molecule has 0 aliphatic rings. The first-order valence-electron chi connectivity index (χ1n) is 6.95. The van der Waals surface area contributed by atoms with Crippen LogP contribution in [0.25, 0.3) is 0 Å². The Morgan fingerprint density at radius 3 is 2.19 bits per heavy atom. The lowest BCUT2D eigenvalue weighted by Crippen LogP contribution is -2.56. The summed E-state index contributed by atoms with van der Waals surface area (Å²) in [6, 6.07) is 0. The van der Waals surface area contributed by atoms with Gasteiger partial charge in [-0.1, -0.05) is 13.8 Å². The van der Waals surface area contributed by atoms with E-state index in [0.717, 1.165) is 0 Å². The molecule has 0 unspecified atom stereocenters. The number of rotatable bonds is 5. The van der Waals surface area contributed by atoms with Crippen molar-refractivity contribution < 1.29 is 9.59 Å². The Balaban J connectivity index is 3.10. The van der Waals surface area contributed by atoms with E-state index in [1.54, 1.807) is 10.9 Å². The fourth-order valence-electron chi connectivity index (χ4n) is 1.97. The van der Waals surface area contributed by atoms with Crippen molar-refractivity contribution in [1.82, 2.24) is 15.1 Å². The molecule has 1 aromatic rings. The number of nitrogens with two attached hydrogens (primary N) is 1. The Bertz CT molecular complexity index is 542. The molecule has 0 aliphatic carbocycles. The summed E-state index contributed by atoms with van der Waals surface area (Å²) in [5, 5.41) is 7.04. The summed E-state index contributed by atoms with van der Waals surface area (Å²) in [7, 11) is 0. The molecule has 0 spiro atoms. The second kappa shape index (κ2) is 6.17. The van der Waals surface area contributed by atoms with E-state index < -0.39 is 11.4 Å². The van der Waals surface area contributed by atoms with Gasteiger partial charge in [0.2, 0.25) is 5.91 Å². The second-order valence-corrected chi connectivity index (χ2v) is 6.81. The van der Waals surface area contributed by atoms with Crippen molar-refractivity contribution in [3.63, 3.8) is 0 Å². The molecule has 0 aromatic carbocycles. The van der Waals surface area contributed by atoms with E-state index in [4.69, 9.17) is 5.73 Å². The van der Waals surface area contributed by atoms with Gasteiger partial charge in [-0.15, -0.1) is 0 Å². The highest BCUT2D eigenvalue weighted by atomic mass is 79.9. The smallest absolute Gasteiger partial charge is 0.256 e. The van der Waals surface area contributed by atoms with Gasteiger partial charge in [-0.05, 0) is 49.5 Å². The minimum absolute atomic E-state index is 0.239. The first kappa shape index (κ1) is 17.7. The van der Waals surface area contributed by atoms with Crippen LogP contribution in [0.4, 0.5) is 0 Å². The van der Waals surface area contributed by atoms with E-state index >= 15 is 0 Å². The van der Waals surface area contributed by atoms with Gasteiger partial charge in [-0.3, -0.25) is 14.3 Å². The minimum atomic E-state index is -1.03. The third-order valence-electron chi connectivity index (χ3n) is 3.63. The van der Waals surface area contributed by atoms with Gasteiger partial charge >= 0.3 is 0 Å². The van der Waals surface area contributed by atoms with Crippen molar-refractivity contribution in [3.05, 3.63) is 16.4 Å². The number of carbonyl (C=O) groups excluding carboxylic acids is 2. The van der Waals surface area contributed by atoms with Gasteiger partial charge in [0.25, 0.3) is 5.91 Å². The van der Waals surface area contributed by atoms with Crippen LogP contribution in [0, 0.1) is 0 Å². The lowest BCUT2D eigenvalue weighted by molar-refractivity contribution is -0.124. The van der Waals surface area contributed by atoms with Crippen LogP contribution >= 0.6 is 15.9 Å². The van der Waals surface area contributed by atoms with E-state index in [1.807, 2.05) is 34.6 Å². The van der Waals surface area contributed by atoms with Gasteiger partial charge in [-0.2, -0.15) is 5.10 Å². The second-order valence-electron chi connectivity index (χ2n) is 6.06. The standard InChI is InChI=1S/C14H23BrN4O2/c1-6-14(7-2,12(16)21)17-11(20)9-8-19(13(3,4)5)18-10(9)15/h8H,6-7H2,1-5H3,(H2,16,21)(H,17,20). The maximum atomic E-state index is 12.4. The van der Waals surface area contributed by atoms with Gasteiger partial charge in [0, 0.05) is 6.20 Å². The molecule has 21 heavy (non-hydrogen) atoms. The number of nitrogens with zero attached hydrogens (tertiary/aromatic N) is 2. The number of hydrogen-bond acceptors (Lipinski definition) is 3. The molecule has 2 amide bonds. The highest BCUT2D eigenvalue weighted by Gasteiger charge is 2.35. The van der Waals surface area contributed by atoms with E-state index in [0.29, 0.717) is 23.0 Å². The SMILES string of the molecule is CCC(CC)(NC(=O)c1cn(C(C)(C)C)nc1Br)C(N)=O. The summed E-state index contributed by atoms with van der Waals surface area (Å²) in [5.74, 6) is -0.889. The molecule has 0 fully saturated rings. The van der Waals surface area contributed by atoms with Crippen molar-refractivity contribution >= 4 is 27.7 Å². The lowest BCUT2D eigenvalue weighted by atomic mass is 9.91. The molecule has 0 saturated carbocycles. The zero-order valence-electron chi connectivity index (χ0n) is 13.2. The molecule has 0 atom stereocenters. The van der Waals surface area contributed by atoms with E-state index in [2.05, 4.69) is 26.3 Å². The monoisotopic (exact) mass is 358 g/mol. The topological polar surface area (TPSA) is 90.0 Å². The predicted molar refractivity (Wildman–Crippen MR) is 84.9 cm³/mol. The van der Waals surface area contributed by atoms with Crippen LogP contribution in [0.3, 0.4) is 0 Å². The zero-order chi connectivity index (χ0) is 16.4. The highest BCUT2D eigenvalue weighted by Crippen LogP contribution is 2.22. The molecule has 7 heteroatoms. The van der Waals surface area contributed by atoms with Crippen LogP contribution in [0.2, 0.25) is 0 Å². The van der Waals surface area contributed by atoms with Crippen LogP contribution in [-0.2, 0) is 10.3 Å². The maximum absolute atomic E-state index is 12.4. The predicted octanol–water partition coefficient (Wildman–Crippen LogP) is 2.17. The Morgan fingerprint density at radius 1 is 1.33 bits per heavy atom. The third-order valence-corrected chi connectivity index (χ3v) is 4.22. The van der Waals surface area contributed by atoms with Crippen LogP contribution < -0.4 is 11.1 Å². The van der Waals surface area contributed by atoms with Gasteiger partial charge < -0.3 is 11.1 Å². The Hall–Kier alpha value is -1.37. The van der Waals surface area contributed by atoms with Gasteiger partial charge in [0.15, 0.2) is 0 Å². The molecule has 0 aliphatic heterocycles. The summed E-state index contributed by atoms with van der Waals surface area (Å²) in [6.45, 7) is 9.60. The Morgan fingerprint density at radius 2 is 1.86 bits per heavy atom. The average Bonchev–Trinajstić information content (AvgIpc) is 2.77. The summed E-state index contributed by atoms with van der Waals surface area (Å²) in [5.41, 5.74) is 4.57. The van der Waals surface area contributed by atoms with Crippen LogP contribution in [-0.4, -0.2) is 27.1 Å². The summed E-state index contributed by atoms with van der Waals surface area (Å²) in [4.78, 5) is 24.1. The lowest BCUT2D eigenvalue weighted by Gasteiger charge is -2.29. The van der Waals surface area contributed by atoms with Crippen molar-refractivity contribution in [3.8, 4) is 0 Å². The fraction of sp³-hybridized carbons (Fsp3) is 0.643. The number of hydrogen-bond donors (Lipinski definition) is 2. The van der Waals surface area contributed by atoms with Crippen molar-refractivity contribution in [2.24, 2.45) is 5.73 Å². The average molecular weight is 359 g/mol. The largest absolute Gasteiger partial charge is 0.368 e. The number of carbonyl (C=O) groups is 2. The summed E-state index contributed by atoms with van der Waals surface area (Å²) >= 11 is 3.29.